The number of nitrogens with one attached hydrogen (secondary N) is 1. The van der Waals surface area contributed by atoms with Crippen LogP contribution in [0.15, 0.2) is 59.6 Å². The van der Waals surface area contributed by atoms with Gasteiger partial charge in [-0.3, -0.25) is 4.79 Å². The third-order valence-electron chi connectivity index (χ3n) is 6.87. The molecule has 2 atom stereocenters. The number of amides is 1. The minimum absolute atomic E-state index is 0.101. The number of hydrogen-bond acceptors (Lipinski definition) is 6. The van der Waals surface area contributed by atoms with Crippen LogP contribution in [-0.2, 0) is 27.5 Å². The second-order valence-electron chi connectivity index (χ2n) is 9.81. The van der Waals surface area contributed by atoms with E-state index in [4.69, 9.17) is 0 Å². The molecular formula is C26H28F3N5O5S. The maximum Gasteiger partial charge on any atom is 0.416 e. The molecule has 0 spiro atoms. The Labute approximate surface area is 228 Å². The summed E-state index contributed by atoms with van der Waals surface area (Å²) in [5, 5.41) is 19.7. The third kappa shape index (κ3) is 6.17. The Bertz CT molecular complexity index is 1470. The van der Waals surface area contributed by atoms with E-state index >= 15 is 0 Å². The first-order valence-corrected chi connectivity index (χ1v) is 13.9. The average molecular weight is 580 g/mol. The Morgan fingerprint density at radius 3 is 2.33 bits per heavy atom. The van der Waals surface area contributed by atoms with Crippen molar-refractivity contribution in [1.82, 2.24) is 24.6 Å². The van der Waals surface area contributed by atoms with Crippen LogP contribution in [0.4, 0.5) is 13.2 Å². The van der Waals surface area contributed by atoms with E-state index in [9.17, 15) is 36.3 Å². The maximum atomic E-state index is 13.5. The minimum atomic E-state index is -4.64. The fraction of sp³-hybridized carbons (Fsp3) is 0.385. The Morgan fingerprint density at radius 1 is 1.10 bits per heavy atom. The number of benzene rings is 2. The molecule has 1 aromatic heterocycles. The lowest BCUT2D eigenvalue weighted by Crippen LogP contribution is -2.53. The Kier molecular flexibility index (Phi) is 8.30. The van der Waals surface area contributed by atoms with E-state index in [0.29, 0.717) is 18.1 Å². The number of aromatic carboxylic acids is 1. The average Bonchev–Trinajstić information content (AvgIpc) is 3.42. The molecule has 1 amide bonds. The van der Waals surface area contributed by atoms with Crippen molar-refractivity contribution in [2.45, 2.75) is 62.3 Å². The molecule has 10 nitrogen and oxygen atoms in total. The summed E-state index contributed by atoms with van der Waals surface area (Å²) in [5.74, 6) is -1.60. The summed E-state index contributed by atoms with van der Waals surface area (Å²) in [5.41, 5.74) is 0.677. The normalized spacial score (nSPS) is 18.6. The Balaban J connectivity index is 1.61. The van der Waals surface area contributed by atoms with Gasteiger partial charge in [0.15, 0.2) is 5.69 Å². The van der Waals surface area contributed by atoms with E-state index in [1.807, 2.05) is 38.1 Å². The van der Waals surface area contributed by atoms with E-state index < -0.39 is 50.6 Å². The van der Waals surface area contributed by atoms with Gasteiger partial charge >= 0.3 is 12.1 Å². The Morgan fingerprint density at radius 2 is 1.75 bits per heavy atom. The van der Waals surface area contributed by atoms with Gasteiger partial charge in [-0.05, 0) is 54.2 Å². The van der Waals surface area contributed by atoms with E-state index in [0.717, 1.165) is 38.4 Å². The molecule has 0 bridgehead atoms. The quantitative estimate of drug-likeness (QED) is 0.414. The minimum Gasteiger partial charge on any atom is -0.476 e. The van der Waals surface area contributed by atoms with Gasteiger partial charge < -0.3 is 10.4 Å². The molecule has 0 aliphatic carbocycles. The second kappa shape index (κ2) is 11.4. The SMILES string of the molecule is CC(C)c1ccc(CNC(=O)[C@H]2C[C@H](n3nncc3C(=O)O)CCN2S(=O)(=O)c2ccc(C(F)(F)F)cc2)cc1. The van der Waals surface area contributed by atoms with Crippen molar-refractivity contribution in [2.75, 3.05) is 6.54 Å². The molecule has 214 valence electrons. The molecule has 1 fully saturated rings. The number of carboxylic acid groups (broad SMARTS) is 1. The number of alkyl halides is 3. The van der Waals surface area contributed by atoms with Crippen molar-refractivity contribution in [1.29, 1.82) is 0 Å². The maximum absolute atomic E-state index is 13.5. The number of carbonyl (C=O) groups excluding carboxylic acids is 1. The Hall–Kier alpha value is -3.78. The molecule has 0 saturated carbocycles. The van der Waals surface area contributed by atoms with Gasteiger partial charge in [0, 0.05) is 13.1 Å². The standard InChI is InChI=1S/C26H28F3N5O5S/c1-16(2)18-5-3-17(4-6-18)14-30-24(35)22-13-20(34-23(25(36)37)15-31-32-34)11-12-33(22)40(38,39)21-9-7-19(8-10-21)26(27,28)29/h3-10,15-16,20,22H,11-14H2,1-2H3,(H,30,35)(H,36,37)/t20-,22-/m1/s1. The van der Waals surface area contributed by atoms with Gasteiger partial charge in [0.05, 0.1) is 22.7 Å². The number of piperidine rings is 1. The molecule has 1 aliphatic rings. The van der Waals surface area contributed by atoms with Crippen molar-refractivity contribution >= 4 is 21.9 Å². The smallest absolute Gasteiger partial charge is 0.416 e. The first kappa shape index (κ1) is 29.2. The van der Waals surface area contributed by atoms with Crippen molar-refractivity contribution in [3.8, 4) is 0 Å². The highest BCUT2D eigenvalue weighted by Gasteiger charge is 2.42. The van der Waals surface area contributed by atoms with Crippen LogP contribution in [0.5, 0.6) is 0 Å². The van der Waals surface area contributed by atoms with Gasteiger partial charge in [-0.25, -0.2) is 17.9 Å². The summed E-state index contributed by atoms with van der Waals surface area (Å²) < 4.78 is 68.3. The number of nitrogens with zero attached hydrogens (tertiary/aromatic N) is 4. The highest BCUT2D eigenvalue weighted by molar-refractivity contribution is 7.89. The fourth-order valence-electron chi connectivity index (χ4n) is 4.62. The molecule has 3 aromatic rings. The highest BCUT2D eigenvalue weighted by Crippen LogP contribution is 2.34. The number of sulfonamides is 1. The van der Waals surface area contributed by atoms with Gasteiger partial charge in [0.1, 0.15) is 6.04 Å². The van der Waals surface area contributed by atoms with Crippen LogP contribution in [0.2, 0.25) is 0 Å². The van der Waals surface area contributed by atoms with E-state index in [2.05, 4.69) is 15.6 Å². The van der Waals surface area contributed by atoms with Gasteiger partial charge in [0.25, 0.3) is 0 Å². The molecule has 0 unspecified atom stereocenters. The fourth-order valence-corrected chi connectivity index (χ4v) is 6.23. The largest absolute Gasteiger partial charge is 0.476 e. The molecule has 2 N–H and O–H groups in total. The number of aromatic nitrogens is 3. The molecule has 14 heteroatoms. The van der Waals surface area contributed by atoms with Crippen LogP contribution >= 0.6 is 0 Å². The van der Waals surface area contributed by atoms with Crippen molar-refractivity contribution in [3.05, 3.63) is 77.1 Å². The molecule has 0 radical (unpaired) electrons. The van der Waals surface area contributed by atoms with E-state index in [-0.39, 0.29) is 31.6 Å². The zero-order chi connectivity index (χ0) is 29.2. The molecule has 1 saturated heterocycles. The number of hydrogen-bond donors (Lipinski definition) is 2. The highest BCUT2D eigenvalue weighted by atomic mass is 32.2. The first-order valence-electron chi connectivity index (χ1n) is 12.5. The lowest BCUT2D eigenvalue weighted by atomic mass is 9.98. The summed E-state index contributed by atoms with van der Waals surface area (Å²) in [6, 6.07) is 8.68. The number of halogens is 3. The van der Waals surface area contributed by atoms with Crippen LogP contribution in [0, 0.1) is 0 Å². The van der Waals surface area contributed by atoms with Gasteiger partial charge in [-0.2, -0.15) is 17.5 Å². The molecular weight excluding hydrogens is 551 g/mol. The molecule has 40 heavy (non-hydrogen) atoms. The zero-order valence-corrected chi connectivity index (χ0v) is 22.5. The summed E-state index contributed by atoms with van der Waals surface area (Å²) in [6.45, 7) is 4.00. The number of rotatable bonds is 8. The van der Waals surface area contributed by atoms with Gasteiger partial charge in [-0.15, -0.1) is 5.10 Å². The first-order chi connectivity index (χ1) is 18.8. The molecule has 2 aromatic carbocycles. The number of carboxylic acids is 1. The topological polar surface area (TPSA) is 134 Å². The van der Waals surface area contributed by atoms with E-state index in [1.165, 1.54) is 0 Å². The zero-order valence-electron chi connectivity index (χ0n) is 21.7. The summed E-state index contributed by atoms with van der Waals surface area (Å²) >= 11 is 0. The monoisotopic (exact) mass is 579 g/mol. The summed E-state index contributed by atoms with van der Waals surface area (Å²) in [6.07, 6.45) is -3.61. The van der Waals surface area contributed by atoms with E-state index in [1.54, 1.807) is 0 Å². The van der Waals surface area contributed by atoms with Crippen molar-refractivity contribution in [2.24, 2.45) is 0 Å². The van der Waals surface area contributed by atoms with Crippen molar-refractivity contribution in [3.63, 3.8) is 0 Å². The molecule has 4 rings (SSSR count). The number of carbonyl (C=O) groups is 2. The van der Waals surface area contributed by atoms with Crippen molar-refractivity contribution < 1.29 is 36.3 Å². The summed E-state index contributed by atoms with van der Waals surface area (Å²) in [4.78, 5) is 24.6. The van der Waals surface area contributed by atoms with Crippen LogP contribution in [0.1, 0.15) is 65.8 Å². The van der Waals surface area contributed by atoms with Crippen LogP contribution in [0.3, 0.4) is 0 Å². The van der Waals surface area contributed by atoms with Crippen LogP contribution in [-0.4, -0.2) is 57.3 Å². The van der Waals surface area contributed by atoms with Gasteiger partial charge in [0.2, 0.25) is 15.9 Å². The van der Waals surface area contributed by atoms with Crippen LogP contribution in [0.25, 0.3) is 0 Å². The predicted molar refractivity (Wildman–Crippen MR) is 137 cm³/mol. The van der Waals surface area contributed by atoms with Gasteiger partial charge in [-0.1, -0.05) is 43.3 Å². The third-order valence-corrected chi connectivity index (χ3v) is 8.79. The lowest BCUT2D eigenvalue weighted by molar-refractivity contribution is -0.137. The second-order valence-corrected chi connectivity index (χ2v) is 11.7. The molecule has 1 aliphatic heterocycles. The predicted octanol–water partition coefficient (Wildman–Crippen LogP) is 3.83. The lowest BCUT2D eigenvalue weighted by Gasteiger charge is -2.37. The van der Waals surface area contributed by atoms with Crippen LogP contribution < -0.4 is 5.32 Å². The summed E-state index contributed by atoms with van der Waals surface area (Å²) in [7, 11) is -4.39. The molecule has 2 heterocycles.